The van der Waals surface area contributed by atoms with E-state index in [1.165, 1.54) is 4.31 Å². The lowest BCUT2D eigenvalue weighted by Gasteiger charge is -2.21. The van der Waals surface area contributed by atoms with Crippen LogP contribution in [0.4, 0.5) is 0 Å². The van der Waals surface area contributed by atoms with Gasteiger partial charge in [0, 0.05) is 12.7 Å². The van der Waals surface area contributed by atoms with Gasteiger partial charge in [-0.1, -0.05) is 30.7 Å². The Balaban J connectivity index is 1.98. The molecule has 0 radical (unpaired) electrons. The lowest BCUT2D eigenvalue weighted by atomic mass is 10.2. The predicted octanol–water partition coefficient (Wildman–Crippen LogP) is 3.16. The van der Waals surface area contributed by atoms with Gasteiger partial charge in [-0.15, -0.1) is 0 Å². The molecule has 5 nitrogen and oxygen atoms in total. The van der Waals surface area contributed by atoms with Crippen molar-refractivity contribution in [3.05, 3.63) is 65.6 Å². The number of pyridine rings is 1. The minimum absolute atomic E-state index is 0.289. The van der Waals surface area contributed by atoms with Gasteiger partial charge in [0.1, 0.15) is 5.65 Å². The Morgan fingerprint density at radius 2 is 1.96 bits per heavy atom. The van der Waals surface area contributed by atoms with Crippen LogP contribution in [0.2, 0.25) is 0 Å². The zero-order chi connectivity index (χ0) is 17.3. The van der Waals surface area contributed by atoms with Crippen molar-refractivity contribution in [3.63, 3.8) is 0 Å². The van der Waals surface area contributed by atoms with Gasteiger partial charge in [-0.2, -0.15) is 4.31 Å². The fourth-order valence-electron chi connectivity index (χ4n) is 2.88. The number of aryl methyl sites for hydroxylation is 2. The Kier molecular flexibility index (Phi) is 4.43. The molecule has 2 heterocycles. The van der Waals surface area contributed by atoms with Crippen LogP contribution in [0.3, 0.4) is 0 Å². The van der Waals surface area contributed by atoms with E-state index >= 15 is 0 Å². The summed E-state index contributed by atoms with van der Waals surface area (Å²) in [6.07, 6.45) is 3.63. The van der Waals surface area contributed by atoms with E-state index in [0.29, 0.717) is 11.4 Å². The highest BCUT2D eigenvalue weighted by Gasteiger charge is 2.25. The molecule has 1 aromatic carbocycles. The number of fused-ring (bicyclic) bond motifs is 1. The van der Waals surface area contributed by atoms with Crippen molar-refractivity contribution >= 4 is 15.7 Å². The number of aromatic nitrogens is 2. The molecule has 0 aliphatic carbocycles. The highest BCUT2D eigenvalue weighted by atomic mass is 32.2. The summed E-state index contributed by atoms with van der Waals surface area (Å²) in [7, 11) is -3.55. The molecule has 0 fully saturated rings. The topological polar surface area (TPSA) is 54.7 Å². The van der Waals surface area contributed by atoms with E-state index in [9.17, 15) is 8.42 Å². The van der Waals surface area contributed by atoms with Gasteiger partial charge in [0.25, 0.3) is 0 Å². The highest BCUT2D eigenvalue weighted by molar-refractivity contribution is 7.89. The van der Waals surface area contributed by atoms with E-state index in [4.69, 9.17) is 0 Å². The summed E-state index contributed by atoms with van der Waals surface area (Å²) in [5, 5.41) is 0. The third-order valence-corrected chi connectivity index (χ3v) is 6.21. The molecule has 0 unspecified atom stereocenters. The molecule has 0 saturated heterocycles. The maximum atomic E-state index is 13.1. The quantitative estimate of drug-likeness (QED) is 0.715. The molecule has 0 atom stereocenters. The third-order valence-electron chi connectivity index (χ3n) is 4.13. The van der Waals surface area contributed by atoms with Crippen molar-refractivity contribution in [1.29, 1.82) is 0 Å². The van der Waals surface area contributed by atoms with Crippen LogP contribution in [0.15, 0.2) is 53.7 Å². The number of rotatable bonds is 5. The Labute approximate surface area is 142 Å². The lowest BCUT2D eigenvalue weighted by molar-refractivity contribution is 0.417. The average Bonchev–Trinajstić information content (AvgIpc) is 2.95. The molecular formula is C18H21N3O2S. The predicted molar refractivity (Wildman–Crippen MR) is 94.4 cm³/mol. The Bertz CT molecular complexity index is 977. The number of benzene rings is 1. The number of hydrogen-bond acceptors (Lipinski definition) is 3. The molecule has 0 aliphatic rings. The molecular weight excluding hydrogens is 322 g/mol. The Morgan fingerprint density at radius 3 is 2.67 bits per heavy atom. The number of sulfonamides is 1. The zero-order valence-electron chi connectivity index (χ0n) is 14.1. The molecule has 6 heteroatoms. The first-order valence-corrected chi connectivity index (χ1v) is 9.36. The van der Waals surface area contributed by atoms with Crippen molar-refractivity contribution in [3.8, 4) is 0 Å². The first kappa shape index (κ1) is 16.7. The monoisotopic (exact) mass is 343 g/mol. The van der Waals surface area contributed by atoms with E-state index in [1.807, 2.05) is 61.7 Å². The first-order valence-electron chi connectivity index (χ1n) is 7.92. The molecule has 3 aromatic rings. The summed E-state index contributed by atoms with van der Waals surface area (Å²) in [6, 6.07) is 11.1. The maximum Gasteiger partial charge on any atom is 0.243 e. The average molecular weight is 343 g/mol. The minimum Gasteiger partial charge on any atom is -0.303 e. The van der Waals surface area contributed by atoms with Crippen LogP contribution in [0.25, 0.3) is 5.65 Å². The van der Waals surface area contributed by atoms with E-state index in [-0.39, 0.29) is 6.54 Å². The summed E-state index contributed by atoms with van der Waals surface area (Å²) < 4.78 is 29.5. The lowest BCUT2D eigenvalue weighted by Crippen LogP contribution is -2.31. The van der Waals surface area contributed by atoms with E-state index in [2.05, 4.69) is 4.98 Å². The van der Waals surface area contributed by atoms with Crippen molar-refractivity contribution in [2.24, 2.45) is 0 Å². The number of hydrogen-bond donors (Lipinski definition) is 0. The van der Waals surface area contributed by atoms with Crippen LogP contribution < -0.4 is 0 Å². The molecule has 2 aromatic heterocycles. The van der Waals surface area contributed by atoms with E-state index in [1.54, 1.807) is 12.3 Å². The molecule has 24 heavy (non-hydrogen) atoms. The normalized spacial score (nSPS) is 12.2. The van der Waals surface area contributed by atoms with Crippen LogP contribution in [0.5, 0.6) is 0 Å². The zero-order valence-corrected chi connectivity index (χ0v) is 14.9. The van der Waals surface area contributed by atoms with Crippen LogP contribution in [0, 0.1) is 13.8 Å². The van der Waals surface area contributed by atoms with Gasteiger partial charge in [-0.3, -0.25) is 0 Å². The van der Waals surface area contributed by atoms with Gasteiger partial charge in [0.2, 0.25) is 10.0 Å². The second kappa shape index (κ2) is 6.37. The fraction of sp³-hybridized carbons (Fsp3) is 0.278. The molecule has 0 aliphatic heterocycles. The third kappa shape index (κ3) is 2.95. The van der Waals surface area contributed by atoms with Crippen molar-refractivity contribution < 1.29 is 8.42 Å². The van der Waals surface area contributed by atoms with Gasteiger partial charge in [-0.25, -0.2) is 13.4 Å². The standard InChI is InChI=1S/C18H21N3O2S/c1-4-20(13-16-12-19-18-7-5-6-10-21(16)18)24(22,23)17-9-8-14(2)11-15(17)3/h5-12H,4,13H2,1-3H3. The van der Waals surface area contributed by atoms with Gasteiger partial charge in [0.15, 0.2) is 0 Å². The van der Waals surface area contributed by atoms with E-state index < -0.39 is 10.0 Å². The van der Waals surface area contributed by atoms with Crippen LogP contribution >= 0.6 is 0 Å². The highest BCUT2D eigenvalue weighted by Crippen LogP contribution is 2.22. The van der Waals surface area contributed by atoms with Crippen LogP contribution in [0.1, 0.15) is 23.7 Å². The molecule has 3 rings (SSSR count). The fourth-order valence-corrected chi connectivity index (χ4v) is 4.50. The summed E-state index contributed by atoms with van der Waals surface area (Å²) in [4.78, 5) is 4.70. The summed E-state index contributed by atoms with van der Waals surface area (Å²) in [6.45, 7) is 6.33. The minimum atomic E-state index is -3.55. The number of imidazole rings is 1. The molecule has 0 N–H and O–H groups in total. The first-order chi connectivity index (χ1) is 11.4. The Morgan fingerprint density at radius 1 is 1.17 bits per heavy atom. The summed E-state index contributed by atoms with van der Waals surface area (Å²) >= 11 is 0. The second-order valence-corrected chi connectivity index (χ2v) is 7.78. The summed E-state index contributed by atoms with van der Waals surface area (Å²) in [5.41, 5.74) is 3.48. The smallest absolute Gasteiger partial charge is 0.243 e. The molecule has 0 bridgehead atoms. The molecule has 0 saturated carbocycles. The van der Waals surface area contributed by atoms with Gasteiger partial charge in [0.05, 0.1) is 23.3 Å². The van der Waals surface area contributed by atoms with Gasteiger partial charge < -0.3 is 4.40 Å². The molecule has 0 spiro atoms. The maximum absolute atomic E-state index is 13.1. The SMILES string of the molecule is CCN(Cc1cnc2ccccn12)S(=O)(=O)c1ccc(C)cc1C. The van der Waals surface area contributed by atoms with Crippen molar-refractivity contribution in [1.82, 2.24) is 13.7 Å². The van der Waals surface area contributed by atoms with Gasteiger partial charge in [-0.05, 0) is 37.6 Å². The van der Waals surface area contributed by atoms with Crippen LogP contribution in [-0.2, 0) is 16.6 Å². The van der Waals surface area contributed by atoms with Crippen LogP contribution in [-0.4, -0.2) is 28.7 Å². The Hall–Kier alpha value is -2.18. The van der Waals surface area contributed by atoms with Gasteiger partial charge >= 0.3 is 0 Å². The molecule has 0 amide bonds. The second-order valence-electron chi connectivity index (χ2n) is 5.88. The molecule has 126 valence electrons. The van der Waals surface area contributed by atoms with Crippen molar-refractivity contribution in [2.75, 3.05) is 6.54 Å². The number of nitrogens with zero attached hydrogens (tertiary/aromatic N) is 3. The summed E-state index contributed by atoms with van der Waals surface area (Å²) in [5.74, 6) is 0. The van der Waals surface area contributed by atoms with Crippen molar-refractivity contribution in [2.45, 2.75) is 32.2 Å². The largest absolute Gasteiger partial charge is 0.303 e. The van der Waals surface area contributed by atoms with E-state index in [0.717, 1.165) is 22.5 Å².